The van der Waals surface area contributed by atoms with Crippen LogP contribution in [0, 0.1) is 0 Å². The smallest absolute Gasteiger partial charge is 0.327 e. The van der Waals surface area contributed by atoms with Crippen LogP contribution >= 0.6 is 0 Å². The van der Waals surface area contributed by atoms with Gasteiger partial charge in [0.15, 0.2) is 5.25 Å². The molecule has 0 heterocycles. The predicted octanol–water partition coefficient (Wildman–Crippen LogP) is 7.36. The molecule has 0 fully saturated rings. The lowest BCUT2D eigenvalue weighted by Gasteiger charge is -2.20. The Balaban J connectivity index is 2.28. The van der Waals surface area contributed by atoms with E-state index in [1.165, 1.54) is 83.5 Å². The van der Waals surface area contributed by atoms with Gasteiger partial charge in [-0.3, -0.25) is 14.1 Å². The van der Waals surface area contributed by atoms with Crippen molar-refractivity contribution in [2.75, 3.05) is 6.61 Å². The Morgan fingerprint density at radius 2 is 1.23 bits per heavy atom. The topological polar surface area (TPSA) is 127 Å². The highest BCUT2D eigenvalue weighted by Crippen LogP contribution is 2.18. The molecule has 224 valence electrons. The fraction of sp³-hybridized carbons (Fsp3) is 0.733. The largest absolute Gasteiger partial charge is 0.487 e. The van der Waals surface area contributed by atoms with Crippen LogP contribution in [0.25, 0.3) is 0 Å². The Morgan fingerprint density at radius 3 is 1.67 bits per heavy atom. The number of carboxylic acids is 1. The zero-order valence-corrected chi connectivity index (χ0v) is 24.5. The van der Waals surface area contributed by atoms with Crippen molar-refractivity contribution in [1.82, 2.24) is 0 Å². The molecule has 8 nitrogen and oxygen atoms in total. The second kappa shape index (κ2) is 21.7. The average molecular weight is 571 g/mol. The van der Waals surface area contributed by atoms with Gasteiger partial charge in [0.1, 0.15) is 18.5 Å². The molecule has 0 aliphatic rings. The van der Waals surface area contributed by atoms with E-state index in [0.29, 0.717) is 12.2 Å². The third kappa shape index (κ3) is 18.7. The predicted molar refractivity (Wildman–Crippen MR) is 154 cm³/mol. The molecular weight excluding hydrogens is 520 g/mol. The molecule has 1 aromatic rings. The van der Waals surface area contributed by atoms with Crippen LogP contribution in [-0.2, 0) is 24.4 Å². The van der Waals surface area contributed by atoms with Gasteiger partial charge in [0.25, 0.3) is 10.1 Å². The maximum atomic E-state index is 12.2. The Bertz CT molecular complexity index is 872. The van der Waals surface area contributed by atoms with Crippen LogP contribution in [0.2, 0.25) is 0 Å². The van der Waals surface area contributed by atoms with Crippen molar-refractivity contribution in [3.63, 3.8) is 0 Å². The van der Waals surface area contributed by atoms with Crippen LogP contribution in [0.3, 0.4) is 0 Å². The molecule has 0 bridgehead atoms. The highest BCUT2D eigenvalue weighted by molar-refractivity contribution is 7.87. The first-order chi connectivity index (χ1) is 18.7. The Labute approximate surface area is 235 Å². The van der Waals surface area contributed by atoms with E-state index in [2.05, 4.69) is 6.92 Å². The number of carbonyl (C=O) groups excluding carboxylic acids is 1. The van der Waals surface area contributed by atoms with E-state index in [1.807, 2.05) is 18.2 Å². The molecule has 0 radical (unpaired) electrons. The molecule has 0 aliphatic heterocycles. The van der Waals surface area contributed by atoms with Crippen molar-refractivity contribution in [3.8, 4) is 5.75 Å². The van der Waals surface area contributed by atoms with Crippen molar-refractivity contribution >= 4 is 22.1 Å². The lowest BCUT2D eigenvalue weighted by Crippen LogP contribution is -2.36. The Morgan fingerprint density at radius 1 is 0.769 bits per heavy atom. The number of hydrogen-bond acceptors (Lipinski definition) is 6. The molecule has 1 aromatic carbocycles. The molecule has 2 unspecified atom stereocenters. The highest BCUT2D eigenvalue weighted by atomic mass is 32.2. The number of hydrogen-bond donors (Lipinski definition) is 2. The number of ether oxygens (including phenoxy) is 2. The summed E-state index contributed by atoms with van der Waals surface area (Å²) in [5, 5.41) is 6.71. The van der Waals surface area contributed by atoms with Gasteiger partial charge >= 0.3 is 11.9 Å². The summed E-state index contributed by atoms with van der Waals surface area (Å²) in [5.41, 5.74) is 0. The summed E-state index contributed by atoms with van der Waals surface area (Å²) in [7, 11) is -4.91. The summed E-state index contributed by atoms with van der Waals surface area (Å²) in [5.74, 6) is -2.24. The minimum atomic E-state index is -4.91. The van der Waals surface area contributed by atoms with Crippen LogP contribution in [0.4, 0.5) is 0 Å². The molecule has 2 atom stereocenters. The van der Waals surface area contributed by atoms with Crippen LogP contribution in [0.15, 0.2) is 30.3 Å². The zero-order chi connectivity index (χ0) is 28.8. The first-order valence-corrected chi connectivity index (χ1v) is 16.3. The second-order valence-electron chi connectivity index (χ2n) is 10.4. The van der Waals surface area contributed by atoms with E-state index in [4.69, 9.17) is 14.6 Å². The van der Waals surface area contributed by atoms with E-state index in [1.54, 1.807) is 12.1 Å². The lowest BCUT2D eigenvalue weighted by atomic mass is 10.0. The fourth-order valence-electron chi connectivity index (χ4n) is 4.52. The van der Waals surface area contributed by atoms with Gasteiger partial charge in [0.05, 0.1) is 6.42 Å². The van der Waals surface area contributed by atoms with Gasteiger partial charge in [0, 0.05) is 0 Å². The van der Waals surface area contributed by atoms with Crippen molar-refractivity contribution in [1.29, 1.82) is 0 Å². The summed E-state index contributed by atoms with van der Waals surface area (Å²) in [6, 6.07) is 9.02. The van der Waals surface area contributed by atoms with E-state index in [0.717, 1.165) is 19.3 Å². The van der Waals surface area contributed by atoms with Gasteiger partial charge in [-0.25, -0.2) is 0 Å². The van der Waals surface area contributed by atoms with Gasteiger partial charge in [-0.15, -0.1) is 0 Å². The number of unbranched alkanes of at least 4 members (excludes halogenated alkanes) is 15. The maximum absolute atomic E-state index is 12.2. The molecule has 1 rings (SSSR count). The normalized spacial score (nSPS) is 13.1. The quantitative estimate of drug-likeness (QED) is 0.0709. The van der Waals surface area contributed by atoms with Crippen molar-refractivity contribution in [3.05, 3.63) is 30.3 Å². The van der Waals surface area contributed by atoms with Gasteiger partial charge in [0.2, 0.25) is 0 Å². The fourth-order valence-corrected chi connectivity index (χ4v) is 5.19. The number of rotatable bonds is 25. The molecule has 0 spiro atoms. The van der Waals surface area contributed by atoms with E-state index >= 15 is 0 Å². The zero-order valence-electron chi connectivity index (χ0n) is 23.7. The van der Waals surface area contributed by atoms with Crippen molar-refractivity contribution in [2.24, 2.45) is 0 Å². The summed E-state index contributed by atoms with van der Waals surface area (Å²) in [4.78, 5) is 23.1. The van der Waals surface area contributed by atoms with Gasteiger partial charge < -0.3 is 14.6 Å². The highest BCUT2D eigenvalue weighted by Gasteiger charge is 2.35. The number of benzene rings is 1. The van der Waals surface area contributed by atoms with E-state index in [-0.39, 0.29) is 6.61 Å². The van der Waals surface area contributed by atoms with Crippen LogP contribution < -0.4 is 4.74 Å². The molecule has 0 saturated heterocycles. The molecule has 9 heteroatoms. The van der Waals surface area contributed by atoms with Crippen LogP contribution in [0.5, 0.6) is 5.75 Å². The number of carbonyl (C=O) groups is 2. The van der Waals surface area contributed by atoms with Crippen LogP contribution in [0.1, 0.15) is 122 Å². The maximum Gasteiger partial charge on any atom is 0.327 e. The third-order valence-corrected chi connectivity index (χ3v) is 7.90. The Kier molecular flexibility index (Phi) is 19.4. The molecule has 0 aromatic heterocycles. The summed E-state index contributed by atoms with van der Waals surface area (Å²) in [6.07, 6.45) is 19.2. The second-order valence-corrected chi connectivity index (χ2v) is 12.0. The van der Waals surface area contributed by atoms with Crippen molar-refractivity contribution < 1.29 is 37.1 Å². The van der Waals surface area contributed by atoms with Gasteiger partial charge in [-0.2, -0.15) is 8.42 Å². The summed E-state index contributed by atoms with van der Waals surface area (Å²) in [6.45, 7) is 2.01. The van der Waals surface area contributed by atoms with Crippen LogP contribution in [-0.4, -0.2) is 48.0 Å². The molecule has 0 amide bonds. The summed E-state index contributed by atoms with van der Waals surface area (Å²) >= 11 is 0. The molecule has 0 aliphatic carbocycles. The number of carboxylic acid groups (broad SMARTS) is 1. The third-order valence-electron chi connectivity index (χ3n) is 6.82. The molecule has 2 N–H and O–H groups in total. The molecule has 39 heavy (non-hydrogen) atoms. The minimum absolute atomic E-state index is 0.238. The molecular formula is C30H50O8S. The first kappa shape index (κ1) is 34.9. The monoisotopic (exact) mass is 570 g/mol. The SMILES string of the molecule is CCCCCCCCCCCCCCCCCCC(COC(=O)C(CC(=O)O)S(=O)(=O)O)Oc1ccccc1. The van der Waals surface area contributed by atoms with E-state index < -0.39 is 39.8 Å². The number of para-hydroxylation sites is 1. The van der Waals surface area contributed by atoms with Gasteiger partial charge in [-0.1, -0.05) is 121 Å². The standard InChI is InChI=1S/C30H50O8S/c1-2-3-4-5-6-7-8-9-10-11-12-13-14-15-16-18-23-27(38-26-21-19-17-20-22-26)25-37-30(33)28(24-29(31)32)39(34,35)36/h17,19-22,27-28H,2-16,18,23-25H2,1H3,(H,31,32)(H,34,35,36). The Hall–Kier alpha value is -2.13. The number of aliphatic carboxylic acids is 1. The first-order valence-electron chi connectivity index (χ1n) is 14.8. The summed E-state index contributed by atoms with van der Waals surface area (Å²) < 4.78 is 43.1. The minimum Gasteiger partial charge on any atom is -0.487 e. The number of esters is 1. The van der Waals surface area contributed by atoms with Crippen molar-refractivity contribution in [2.45, 2.75) is 134 Å². The van der Waals surface area contributed by atoms with Gasteiger partial charge in [-0.05, 0) is 25.0 Å². The average Bonchev–Trinajstić information content (AvgIpc) is 2.89. The lowest BCUT2D eigenvalue weighted by molar-refractivity contribution is -0.149. The molecule has 0 saturated carbocycles. The van der Waals surface area contributed by atoms with E-state index in [9.17, 15) is 22.6 Å².